The lowest BCUT2D eigenvalue weighted by molar-refractivity contribution is -0.122. The fourth-order valence-electron chi connectivity index (χ4n) is 3.41. The van der Waals surface area contributed by atoms with Gasteiger partial charge in [-0.05, 0) is 88.3 Å². The number of hydrogen-bond donors (Lipinski definition) is 2. The van der Waals surface area contributed by atoms with E-state index in [1.807, 2.05) is 12.1 Å². The molecule has 1 aliphatic rings. The van der Waals surface area contributed by atoms with Crippen molar-refractivity contribution in [2.24, 2.45) is 0 Å². The fraction of sp³-hybridized carbons (Fsp3) is 0.0800. The molecule has 1 heterocycles. The summed E-state index contributed by atoms with van der Waals surface area (Å²) in [6, 6.07) is 15.3. The molecule has 0 radical (unpaired) electrons. The van der Waals surface area contributed by atoms with Gasteiger partial charge < -0.3 is 14.6 Å². The zero-order chi connectivity index (χ0) is 25.1. The third-order valence-corrected chi connectivity index (χ3v) is 6.08. The molecular formula is C25H18ClIN2O6. The molecule has 0 unspecified atom stereocenters. The Labute approximate surface area is 219 Å². The summed E-state index contributed by atoms with van der Waals surface area (Å²) in [5.74, 6) is -0.730. The van der Waals surface area contributed by atoms with E-state index in [2.05, 4.69) is 27.9 Å². The number of amides is 4. The van der Waals surface area contributed by atoms with Crippen molar-refractivity contribution in [1.82, 2.24) is 5.32 Å². The van der Waals surface area contributed by atoms with Gasteiger partial charge in [0, 0.05) is 5.02 Å². The van der Waals surface area contributed by atoms with Gasteiger partial charge in [0.2, 0.25) is 0 Å². The minimum Gasteiger partial charge on any atom is -0.508 e. The minimum atomic E-state index is -0.875. The Kier molecular flexibility index (Phi) is 7.27. The number of halogens is 2. The number of anilines is 1. The summed E-state index contributed by atoms with van der Waals surface area (Å²) in [4.78, 5) is 38.7. The summed E-state index contributed by atoms with van der Waals surface area (Å²) in [5.41, 5.74) is 1.36. The Hall–Kier alpha value is -3.57. The van der Waals surface area contributed by atoms with Crippen LogP contribution in [0.5, 0.6) is 17.2 Å². The topological polar surface area (TPSA) is 105 Å². The van der Waals surface area contributed by atoms with E-state index in [4.69, 9.17) is 21.1 Å². The van der Waals surface area contributed by atoms with E-state index in [9.17, 15) is 19.5 Å². The van der Waals surface area contributed by atoms with E-state index in [0.717, 1.165) is 10.5 Å². The molecule has 0 aromatic heterocycles. The standard InChI is InChI=1S/C25H18ClIN2O6/c1-34-21-12-15(11-20(27)22(21)35-13-14-3-2-4-16(26)9-14)10-19-23(31)28-25(33)29(24(19)32)17-5-7-18(30)8-6-17/h2-12,30H,13H2,1H3,(H,28,31,33)/b19-10+. The number of methoxy groups -OCH3 is 1. The highest BCUT2D eigenvalue weighted by atomic mass is 127. The summed E-state index contributed by atoms with van der Waals surface area (Å²) >= 11 is 8.11. The van der Waals surface area contributed by atoms with Crippen molar-refractivity contribution in [2.75, 3.05) is 12.0 Å². The van der Waals surface area contributed by atoms with Crippen LogP contribution >= 0.6 is 34.2 Å². The van der Waals surface area contributed by atoms with Crippen molar-refractivity contribution < 1.29 is 29.0 Å². The average Bonchev–Trinajstić information content (AvgIpc) is 2.82. The Morgan fingerprint density at radius 2 is 1.83 bits per heavy atom. The van der Waals surface area contributed by atoms with Gasteiger partial charge in [-0.2, -0.15) is 0 Å². The quantitative estimate of drug-likeness (QED) is 0.236. The van der Waals surface area contributed by atoms with Crippen molar-refractivity contribution in [3.05, 3.63) is 86.0 Å². The molecule has 0 spiro atoms. The van der Waals surface area contributed by atoms with Gasteiger partial charge in [0.25, 0.3) is 11.8 Å². The van der Waals surface area contributed by atoms with E-state index < -0.39 is 17.8 Å². The number of nitrogens with zero attached hydrogens (tertiary/aromatic N) is 1. The van der Waals surface area contributed by atoms with Crippen LogP contribution in [0.2, 0.25) is 5.02 Å². The minimum absolute atomic E-state index is 0.0233. The van der Waals surface area contributed by atoms with E-state index >= 15 is 0 Å². The normalized spacial score (nSPS) is 14.8. The molecule has 8 nitrogen and oxygen atoms in total. The first-order valence-electron chi connectivity index (χ1n) is 10.2. The Morgan fingerprint density at radius 1 is 1.09 bits per heavy atom. The molecule has 3 aromatic rings. The average molecular weight is 605 g/mol. The first-order valence-corrected chi connectivity index (χ1v) is 11.7. The number of nitrogens with one attached hydrogen (secondary N) is 1. The molecule has 0 saturated carbocycles. The largest absolute Gasteiger partial charge is 0.508 e. The van der Waals surface area contributed by atoms with Crippen molar-refractivity contribution in [3.63, 3.8) is 0 Å². The fourth-order valence-corrected chi connectivity index (χ4v) is 4.40. The number of benzene rings is 3. The summed E-state index contributed by atoms with van der Waals surface area (Å²) < 4.78 is 12.1. The first-order chi connectivity index (χ1) is 16.8. The van der Waals surface area contributed by atoms with Crippen LogP contribution in [0.3, 0.4) is 0 Å². The number of carbonyl (C=O) groups excluding carboxylic acids is 3. The lowest BCUT2D eigenvalue weighted by atomic mass is 10.1. The second-order valence-electron chi connectivity index (χ2n) is 7.43. The number of rotatable bonds is 6. The zero-order valence-electron chi connectivity index (χ0n) is 18.2. The van der Waals surface area contributed by atoms with Crippen LogP contribution in [0.15, 0.2) is 66.2 Å². The SMILES string of the molecule is COc1cc(/C=C2\C(=O)NC(=O)N(c3ccc(O)cc3)C2=O)cc(I)c1OCc1cccc(Cl)c1. The molecule has 35 heavy (non-hydrogen) atoms. The van der Waals surface area contributed by atoms with Crippen LogP contribution in [-0.4, -0.2) is 30.1 Å². The van der Waals surface area contributed by atoms with E-state index in [1.165, 1.54) is 37.5 Å². The van der Waals surface area contributed by atoms with Crippen LogP contribution < -0.4 is 19.7 Å². The van der Waals surface area contributed by atoms with Gasteiger partial charge in [-0.1, -0.05) is 23.7 Å². The number of aromatic hydroxyl groups is 1. The van der Waals surface area contributed by atoms with E-state index in [-0.39, 0.29) is 23.6 Å². The Balaban J connectivity index is 1.64. The van der Waals surface area contributed by atoms with Crippen LogP contribution in [0.1, 0.15) is 11.1 Å². The number of imide groups is 2. The maximum Gasteiger partial charge on any atom is 0.335 e. The van der Waals surface area contributed by atoms with Gasteiger partial charge in [0.05, 0.1) is 16.4 Å². The highest BCUT2D eigenvalue weighted by Crippen LogP contribution is 2.35. The number of phenolic OH excluding ortho intramolecular Hbond substituents is 1. The van der Waals surface area contributed by atoms with Crippen LogP contribution in [0, 0.1) is 3.57 Å². The maximum absolute atomic E-state index is 13.1. The van der Waals surface area contributed by atoms with Gasteiger partial charge in [-0.3, -0.25) is 14.9 Å². The molecule has 1 fully saturated rings. The molecule has 10 heteroatoms. The molecular weight excluding hydrogens is 587 g/mol. The molecule has 1 aliphatic heterocycles. The third-order valence-electron chi connectivity index (χ3n) is 5.04. The second-order valence-corrected chi connectivity index (χ2v) is 9.03. The molecule has 4 rings (SSSR count). The van der Waals surface area contributed by atoms with Crippen LogP contribution in [-0.2, 0) is 16.2 Å². The molecule has 1 saturated heterocycles. The lowest BCUT2D eigenvalue weighted by Gasteiger charge is -2.26. The van der Waals surface area contributed by atoms with E-state index in [0.29, 0.717) is 25.7 Å². The predicted molar refractivity (Wildman–Crippen MR) is 139 cm³/mol. The van der Waals surface area contributed by atoms with Gasteiger partial charge in [-0.25, -0.2) is 9.69 Å². The highest BCUT2D eigenvalue weighted by molar-refractivity contribution is 14.1. The van der Waals surface area contributed by atoms with Gasteiger partial charge in [-0.15, -0.1) is 0 Å². The van der Waals surface area contributed by atoms with E-state index in [1.54, 1.807) is 24.3 Å². The van der Waals surface area contributed by atoms with Crippen LogP contribution in [0.25, 0.3) is 6.08 Å². The number of urea groups is 1. The van der Waals surface area contributed by atoms with Gasteiger partial charge in [0.15, 0.2) is 11.5 Å². The summed E-state index contributed by atoms with van der Waals surface area (Å²) in [6.07, 6.45) is 1.38. The van der Waals surface area contributed by atoms with Crippen molar-refractivity contribution >= 4 is 63.8 Å². The summed E-state index contributed by atoms with van der Waals surface area (Å²) in [6.45, 7) is 0.262. The number of ether oxygens (including phenoxy) is 2. The second kappa shape index (κ2) is 10.4. The van der Waals surface area contributed by atoms with Crippen molar-refractivity contribution in [3.8, 4) is 17.2 Å². The summed E-state index contributed by atoms with van der Waals surface area (Å²) in [5, 5.41) is 12.3. The van der Waals surface area contributed by atoms with Crippen molar-refractivity contribution in [2.45, 2.75) is 6.61 Å². The number of phenols is 1. The molecule has 0 atom stereocenters. The van der Waals surface area contributed by atoms with Crippen LogP contribution in [0.4, 0.5) is 10.5 Å². The molecule has 4 amide bonds. The Bertz CT molecular complexity index is 1360. The summed E-state index contributed by atoms with van der Waals surface area (Å²) in [7, 11) is 1.48. The van der Waals surface area contributed by atoms with Gasteiger partial charge in [0.1, 0.15) is 17.9 Å². The molecule has 0 bridgehead atoms. The molecule has 0 aliphatic carbocycles. The smallest absolute Gasteiger partial charge is 0.335 e. The lowest BCUT2D eigenvalue weighted by Crippen LogP contribution is -2.54. The number of hydrogen-bond acceptors (Lipinski definition) is 6. The predicted octanol–water partition coefficient (Wildman–Crippen LogP) is 4.90. The molecule has 2 N–H and O–H groups in total. The first kappa shape index (κ1) is 24.6. The monoisotopic (exact) mass is 604 g/mol. The van der Waals surface area contributed by atoms with Crippen molar-refractivity contribution in [1.29, 1.82) is 0 Å². The highest BCUT2D eigenvalue weighted by Gasteiger charge is 2.36. The number of carbonyl (C=O) groups is 3. The zero-order valence-corrected chi connectivity index (χ0v) is 21.2. The van der Waals surface area contributed by atoms with Gasteiger partial charge >= 0.3 is 6.03 Å². The molecule has 3 aromatic carbocycles. The Morgan fingerprint density at radius 3 is 2.51 bits per heavy atom. The number of barbiturate groups is 1. The molecule has 178 valence electrons. The third kappa shape index (κ3) is 5.41. The maximum atomic E-state index is 13.1.